The number of nitrogens with one attached hydrogen (secondary N) is 2. The number of phosphoric ester groups is 3. The number of hydrogen-bond donors (Lipinski definition) is 10. The number of carboxylic acid groups (broad SMARTS) is 1. The first kappa shape index (κ1) is 50.2. The van der Waals surface area contributed by atoms with Gasteiger partial charge in [-0.1, -0.05) is 25.6 Å². The Hall–Kier alpha value is -1.97. The van der Waals surface area contributed by atoms with Gasteiger partial charge >= 0.3 is 29.4 Å². The SMILES string of the molecule is CC(C(=O)O)C(=O)SCCNC(=O)CCNC(=O)[C@H](O)C(C)(C)COP(=O)(O)OP(=O)(O)OC[C@H]1O[C@@H](n2cnc3c(N)ncnc32)[C@H](O)[C@@H]1OP(=O)(O)O.[Na]. The van der Waals surface area contributed by atoms with Gasteiger partial charge in [-0.25, -0.2) is 28.6 Å². The summed E-state index contributed by atoms with van der Waals surface area (Å²) in [6, 6.07) is 0. The van der Waals surface area contributed by atoms with E-state index in [1.54, 1.807) is 0 Å². The Morgan fingerprint density at radius 1 is 1.05 bits per heavy atom. The zero-order chi connectivity index (χ0) is 41.5. The fraction of sp³-hybridized carbons (Fsp3) is 0.640. The van der Waals surface area contributed by atoms with Crippen LogP contribution in [-0.2, 0) is 55.5 Å². The molecule has 2 aromatic rings. The number of nitrogen functional groups attached to an aromatic ring is 1. The number of nitrogens with zero attached hydrogens (tertiary/aromatic N) is 4. The predicted molar refractivity (Wildman–Crippen MR) is 190 cm³/mol. The first-order chi connectivity index (χ1) is 25.3. The molecule has 56 heavy (non-hydrogen) atoms. The maximum absolute atomic E-state index is 12.6. The Morgan fingerprint density at radius 3 is 2.32 bits per heavy atom. The molecule has 26 nitrogen and oxygen atoms in total. The number of carboxylic acids is 1. The smallest absolute Gasteiger partial charge is 0.481 e. The first-order valence-electron chi connectivity index (χ1n) is 15.6. The third-order valence-corrected chi connectivity index (χ3v) is 11.6. The number of thioether (sulfide) groups is 1. The van der Waals surface area contributed by atoms with Gasteiger partial charge in [-0.2, -0.15) is 4.31 Å². The Labute approximate surface area is 343 Å². The van der Waals surface area contributed by atoms with Gasteiger partial charge in [0.1, 0.15) is 42.2 Å². The number of phosphoric acid groups is 3. The first-order valence-corrected chi connectivity index (χ1v) is 21.1. The van der Waals surface area contributed by atoms with Crippen LogP contribution in [0.5, 0.6) is 0 Å². The number of aromatic nitrogens is 4. The molecule has 3 heterocycles. The fourth-order valence-electron chi connectivity index (χ4n) is 4.51. The number of carbonyl (C=O) groups is 4. The summed E-state index contributed by atoms with van der Waals surface area (Å²) in [6.45, 7) is 1.35. The van der Waals surface area contributed by atoms with Crippen molar-refractivity contribution in [2.24, 2.45) is 11.3 Å². The van der Waals surface area contributed by atoms with E-state index < -0.39 is 102 Å². The second-order valence-corrected chi connectivity index (χ2v) is 17.6. The van der Waals surface area contributed by atoms with Crippen LogP contribution in [0.4, 0.5) is 5.82 Å². The van der Waals surface area contributed by atoms with E-state index in [9.17, 15) is 62.7 Å². The van der Waals surface area contributed by atoms with Crippen molar-refractivity contribution >= 4 is 105 Å². The van der Waals surface area contributed by atoms with Crippen molar-refractivity contribution in [1.82, 2.24) is 30.2 Å². The number of imidazole rings is 1. The summed E-state index contributed by atoms with van der Waals surface area (Å²) in [5.41, 5.74) is 4.19. The second-order valence-electron chi connectivity index (χ2n) is 12.3. The Balaban J connectivity index is 0.0000108. The van der Waals surface area contributed by atoms with E-state index in [0.717, 1.165) is 29.0 Å². The summed E-state index contributed by atoms with van der Waals surface area (Å²) < 4.78 is 61.9. The number of aliphatic hydroxyl groups excluding tert-OH is 2. The quantitative estimate of drug-likeness (QED) is 0.0280. The van der Waals surface area contributed by atoms with Gasteiger partial charge in [0, 0.05) is 60.2 Å². The number of ether oxygens (including phenoxy) is 1. The topological polar surface area (TPSA) is 401 Å². The molecule has 11 N–H and O–H groups in total. The monoisotopic (exact) mass is 890 g/mol. The van der Waals surface area contributed by atoms with Crippen LogP contribution >= 0.6 is 35.2 Å². The van der Waals surface area contributed by atoms with Gasteiger partial charge in [0.05, 0.1) is 19.5 Å². The van der Waals surface area contributed by atoms with E-state index in [-0.39, 0.29) is 71.8 Å². The van der Waals surface area contributed by atoms with Crippen molar-refractivity contribution in [3.8, 4) is 0 Å². The molecular weight excluding hydrogens is 850 g/mol. The number of aliphatic carboxylic acids is 1. The number of hydrogen-bond acceptors (Lipinski definition) is 19. The van der Waals surface area contributed by atoms with Crippen LogP contribution in [0, 0.1) is 11.3 Å². The van der Waals surface area contributed by atoms with E-state index in [1.807, 2.05) is 0 Å². The third-order valence-electron chi connectivity index (χ3n) is 7.47. The standard InChI is InChI=1S/C25H40N7O19P3S.Na/c1-12(23(37)38)24(39)55-7-6-27-14(33)4-5-28-21(36)18(35)25(2,3)9-48-54(45,46)51-53(43,44)47-8-13-17(50-52(40,41)42)16(34)22(49-13)32-11-31-15-19(26)29-10-30-20(15)32;/h10-13,16-18,22,34-35H,4-9H2,1-3H3,(H,27,33)(H,28,36)(H,37,38)(H,43,44)(H,45,46)(H2,26,29,30)(H2,40,41,42);/t12?,13-,16-,17-,18+,22-;/m1./s1. The number of nitrogens with two attached hydrogens (primary N) is 1. The van der Waals surface area contributed by atoms with Crippen LogP contribution in [0.2, 0.25) is 0 Å². The van der Waals surface area contributed by atoms with Crippen LogP contribution in [-0.4, -0.2) is 163 Å². The van der Waals surface area contributed by atoms with Crippen LogP contribution in [0.3, 0.4) is 0 Å². The zero-order valence-corrected chi connectivity index (χ0v) is 35.5. The van der Waals surface area contributed by atoms with Crippen LogP contribution < -0.4 is 16.4 Å². The number of carbonyl (C=O) groups excluding carboxylic acids is 3. The van der Waals surface area contributed by atoms with Gasteiger partial charge in [0.15, 0.2) is 17.7 Å². The molecule has 0 saturated carbocycles. The minimum absolute atomic E-state index is 0. The van der Waals surface area contributed by atoms with Gasteiger partial charge in [0.25, 0.3) is 0 Å². The maximum Gasteiger partial charge on any atom is 0.481 e. The van der Waals surface area contributed by atoms with E-state index in [2.05, 4.69) is 34.4 Å². The molecule has 1 aliphatic heterocycles. The largest absolute Gasteiger partial charge is 0.481 e. The van der Waals surface area contributed by atoms with E-state index >= 15 is 0 Å². The Bertz CT molecular complexity index is 1870. The molecule has 3 rings (SSSR count). The van der Waals surface area contributed by atoms with Gasteiger partial charge in [0.2, 0.25) is 16.9 Å². The van der Waals surface area contributed by atoms with Crippen LogP contribution in [0.15, 0.2) is 12.7 Å². The molecule has 31 heteroatoms. The summed E-state index contributed by atoms with van der Waals surface area (Å²) in [6.07, 6.45) is -7.13. The van der Waals surface area contributed by atoms with Crippen molar-refractivity contribution in [2.75, 3.05) is 37.8 Å². The summed E-state index contributed by atoms with van der Waals surface area (Å²) in [5, 5.41) is 34.3. The molecule has 1 radical (unpaired) electrons. The molecule has 2 aromatic heterocycles. The number of aliphatic hydroxyl groups is 2. The molecular formula is C25H40N7NaO19P3S. The molecule has 311 valence electrons. The molecule has 3 unspecified atom stereocenters. The minimum atomic E-state index is -5.59. The number of rotatable bonds is 21. The van der Waals surface area contributed by atoms with E-state index in [1.165, 1.54) is 20.8 Å². The van der Waals surface area contributed by atoms with Crippen molar-refractivity contribution in [3.63, 3.8) is 0 Å². The van der Waals surface area contributed by atoms with Crippen LogP contribution in [0.25, 0.3) is 11.2 Å². The second kappa shape index (κ2) is 20.8. The molecule has 1 aliphatic rings. The fourth-order valence-corrected chi connectivity index (χ4v) is 8.09. The van der Waals surface area contributed by atoms with Crippen molar-refractivity contribution in [3.05, 3.63) is 12.7 Å². The van der Waals surface area contributed by atoms with Crippen molar-refractivity contribution < 1.29 is 90.4 Å². The predicted octanol–water partition coefficient (Wildman–Crippen LogP) is -2.00. The van der Waals surface area contributed by atoms with Crippen molar-refractivity contribution in [1.29, 1.82) is 0 Å². The average molecular weight is 891 g/mol. The molecule has 8 atom stereocenters. The van der Waals surface area contributed by atoms with Gasteiger partial charge < -0.3 is 56.0 Å². The average Bonchev–Trinajstić information content (AvgIpc) is 3.64. The van der Waals surface area contributed by atoms with Gasteiger partial charge in [-0.15, -0.1) is 0 Å². The van der Waals surface area contributed by atoms with Crippen molar-refractivity contribution in [2.45, 2.75) is 57.8 Å². The normalized spacial score (nSPS) is 21.9. The van der Waals surface area contributed by atoms with Gasteiger partial charge in [-0.05, 0) is 6.92 Å². The zero-order valence-electron chi connectivity index (χ0n) is 30.0. The summed E-state index contributed by atoms with van der Waals surface area (Å²) in [4.78, 5) is 97.8. The number of anilines is 1. The number of fused-ring (bicyclic) bond motifs is 1. The van der Waals surface area contributed by atoms with Gasteiger partial charge in [-0.3, -0.25) is 37.3 Å². The van der Waals surface area contributed by atoms with Crippen LogP contribution in [0.1, 0.15) is 33.4 Å². The molecule has 0 aromatic carbocycles. The third kappa shape index (κ3) is 14.7. The van der Waals surface area contributed by atoms with E-state index in [0.29, 0.717) is 0 Å². The molecule has 1 fully saturated rings. The van der Waals surface area contributed by atoms with E-state index in [4.69, 9.17) is 24.6 Å². The molecule has 0 aliphatic carbocycles. The summed E-state index contributed by atoms with van der Waals surface area (Å²) in [5.74, 6) is -4.01. The molecule has 0 spiro atoms. The Morgan fingerprint density at radius 2 is 1.70 bits per heavy atom. The molecule has 0 bridgehead atoms. The Kier molecular flexibility index (Phi) is 18.7. The number of amides is 2. The summed E-state index contributed by atoms with van der Waals surface area (Å²) in [7, 11) is -16.4. The maximum atomic E-state index is 12.6. The summed E-state index contributed by atoms with van der Waals surface area (Å²) >= 11 is 0.726. The minimum Gasteiger partial charge on any atom is -0.481 e. The molecule has 1 saturated heterocycles. The molecule has 2 amide bonds.